The van der Waals surface area contributed by atoms with Crippen LogP contribution in [0.1, 0.15) is 15.9 Å². The number of carboxylic acids is 1. The zero-order chi connectivity index (χ0) is 13.8. The number of nitrogens with one attached hydrogen (secondary N) is 1. The van der Waals surface area contributed by atoms with Crippen molar-refractivity contribution in [1.82, 2.24) is 9.97 Å². The van der Waals surface area contributed by atoms with Crippen molar-refractivity contribution >= 4 is 23.4 Å². The second-order valence-electron chi connectivity index (χ2n) is 3.69. The molecule has 1 heterocycles. The molecule has 0 unspecified atom stereocenters. The van der Waals surface area contributed by atoms with Crippen LogP contribution < -0.4 is 5.32 Å². The lowest BCUT2D eigenvalue weighted by Gasteiger charge is -2.08. The lowest BCUT2D eigenvalue weighted by atomic mass is 10.2. The minimum absolute atomic E-state index is 0.0143. The molecule has 0 radical (unpaired) electrons. The minimum atomic E-state index is -1.12. The molecule has 1 aromatic carbocycles. The van der Waals surface area contributed by atoms with Crippen molar-refractivity contribution in [2.24, 2.45) is 0 Å². The van der Waals surface area contributed by atoms with Gasteiger partial charge in [-0.05, 0) is 17.7 Å². The van der Waals surface area contributed by atoms with Crippen molar-refractivity contribution in [2.45, 2.75) is 6.54 Å². The SMILES string of the molecule is O=C(O)c1cncnc1NCc1ccc(F)c(Cl)c1. The van der Waals surface area contributed by atoms with E-state index in [1.165, 1.54) is 24.7 Å². The fourth-order valence-corrected chi connectivity index (χ4v) is 1.67. The number of benzene rings is 1. The summed E-state index contributed by atoms with van der Waals surface area (Å²) >= 11 is 5.65. The van der Waals surface area contributed by atoms with Crippen molar-refractivity contribution in [3.8, 4) is 0 Å². The van der Waals surface area contributed by atoms with E-state index in [0.717, 1.165) is 0 Å². The largest absolute Gasteiger partial charge is 0.477 e. The van der Waals surface area contributed by atoms with Gasteiger partial charge in [0.05, 0.1) is 5.02 Å². The minimum Gasteiger partial charge on any atom is -0.477 e. The van der Waals surface area contributed by atoms with Gasteiger partial charge in [0.25, 0.3) is 0 Å². The van der Waals surface area contributed by atoms with Crippen LogP contribution >= 0.6 is 11.6 Å². The molecule has 19 heavy (non-hydrogen) atoms. The Kier molecular flexibility index (Phi) is 3.91. The van der Waals surface area contributed by atoms with Crippen molar-refractivity contribution in [3.05, 3.63) is 52.7 Å². The summed E-state index contributed by atoms with van der Waals surface area (Å²) in [5.41, 5.74) is 0.678. The number of rotatable bonds is 4. The normalized spacial score (nSPS) is 10.2. The fraction of sp³-hybridized carbons (Fsp3) is 0.0833. The predicted octanol–water partition coefficient (Wildman–Crippen LogP) is 2.58. The summed E-state index contributed by atoms with van der Waals surface area (Å²) in [7, 11) is 0. The van der Waals surface area contributed by atoms with Gasteiger partial charge in [0.2, 0.25) is 0 Å². The molecule has 0 atom stereocenters. The van der Waals surface area contributed by atoms with E-state index in [-0.39, 0.29) is 22.9 Å². The first-order valence-electron chi connectivity index (χ1n) is 5.29. The molecular weight excluding hydrogens is 273 g/mol. The van der Waals surface area contributed by atoms with E-state index >= 15 is 0 Å². The Morgan fingerprint density at radius 3 is 2.95 bits per heavy atom. The standard InChI is InChI=1S/C12H9ClFN3O2/c13-9-3-7(1-2-10(9)14)4-16-11-8(12(18)19)5-15-6-17-11/h1-3,5-6H,4H2,(H,18,19)(H,15,16,17). The number of aromatic carboxylic acids is 1. The van der Waals surface area contributed by atoms with Gasteiger partial charge in [-0.2, -0.15) is 0 Å². The van der Waals surface area contributed by atoms with E-state index in [9.17, 15) is 9.18 Å². The highest BCUT2D eigenvalue weighted by atomic mass is 35.5. The average molecular weight is 282 g/mol. The smallest absolute Gasteiger partial charge is 0.341 e. The average Bonchev–Trinajstić information content (AvgIpc) is 2.40. The molecule has 0 aliphatic heterocycles. The second kappa shape index (κ2) is 5.62. The highest BCUT2D eigenvalue weighted by molar-refractivity contribution is 6.30. The van der Waals surface area contributed by atoms with Crippen molar-refractivity contribution in [2.75, 3.05) is 5.32 Å². The van der Waals surface area contributed by atoms with Gasteiger partial charge >= 0.3 is 5.97 Å². The van der Waals surface area contributed by atoms with E-state index in [1.807, 2.05) is 0 Å². The summed E-state index contributed by atoms with van der Waals surface area (Å²) in [5, 5.41) is 11.8. The Balaban J connectivity index is 2.14. The van der Waals surface area contributed by atoms with E-state index in [1.54, 1.807) is 6.07 Å². The Hall–Kier alpha value is -2.21. The summed E-state index contributed by atoms with van der Waals surface area (Å²) in [6, 6.07) is 4.26. The van der Waals surface area contributed by atoms with Crippen LogP contribution in [0.15, 0.2) is 30.7 Å². The molecule has 0 amide bonds. The molecule has 0 aliphatic rings. The first-order chi connectivity index (χ1) is 9.08. The monoisotopic (exact) mass is 281 g/mol. The van der Waals surface area contributed by atoms with Crippen molar-refractivity contribution in [1.29, 1.82) is 0 Å². The summed E-state index contributed by atoms with van der Waals surface area (Å²) in [4.78, 5) is 18.4. The van der Waals surface area contributed by atoms with Crippen molar-refractivity contribution < 1.29 is 14.3 Å². The van der Waals surface area contributed by atoms with E-state index in [4.69, 9.17) is 16.7 Å². The Morgan fingerprint density at radius 2 is 2.26 bits per heavy atom. The van der Waals surface area contributed by atoms with Crippen LogP contribution in [-0.2, 0) is 6.54 Å². The molecule has 0 fully saturated rings. The first kappa shape index (κ1) is 13.2. The number of aromatic nitrogens is 2. The van der Waals surface area contributed by atoms with Crippen molar-refractivity contribution in [3.63, 3.8) is 0 Å². The quantitative estimate of drug-likeness (QED) is 0.901. The maximum absolute atomic E-state index is 13.0. The fourth-order valence-electron chi connectivity index (χ4n) is 1.46. The van der Waals surface area contributed by atoms with Crippen LogP contribution in [0.5, 0.6) is 0 Å². The van der Waals surface area contributed by atoms with E-state index < -0.39 is 11.8 Å². The zero-order valence-electron chi connectivity index (χ0n) is 9.60. The second-order valence-corrected chi connectivity index (χ2v) is 4.10. The number of halogens is 2. The van der Waals surface area contributed by atoms with Crippen LogP contribution in [0, 0.1) is 5.82 Å². The highest BCUT2D eigenvalue weighted by Crippen LogP contribution is 2.17. The Morgan fingerprint density at radius 1 is 1.47 bits per heavy atom. The number of carboxylic acid groups (broad SMARTS) is 1. The van der Waals surface area contributed by atoms with Crippen LogP contribution in [0.2, 0.25) is 5.02 Å². The molecule has 2 rings (SSSR count). The molecule has 0 saturated carbocycles. The third kappa shape index (κ3) is 3.17. The number of anilines is 1. The summed E-state index contributed by atoms with van der Waals surface area (Å²) in [6.07, 6.45) is 2.45. The van der Waals surface area contributed by atoms with E-state index in [2.05, 4.69) is 15.3 Å². The topological polar surface area (TPSA) is 75.1 Å². The number of carbonyl (C=O) groups is 1. The summed E-state index contributed by atoms with van der Waals surface area (Å²) in [6.45, 7) is 0.275. The molecule has 0 aliphatic carbocycles. The summed E-state index contributed by atoms with van der Waals surface area (Å²) < 4.78 is 13.0. The Labute approximate surface area is 113 Å². The third-order valence-corrected chi connectivity index (χ3v) is 2.68. The van der Waals surface area contributed by atoms with Crippen LogP contribution in [0.4, 0.5) is 10.2 Å². The molecule has 0 saturated heterocycles. The van der Waals surface area contributed by atoms with E-state index in [0.29, 0.717) is 5.56 Å². The number of hydrogen-bond acceptors (Lipinski definition) is 4. The maximum Gasteiger partial charge on any atom is 0.341 e. The number of hydrogen-bond donors (Lipinski definition) is 2. The zero-order valence-corrected chi connectivity index (χ0v) is 10.4. The number of nitrogens with zero attached hydrogens (tertiary/aromatic N) is 2. The van der Waals surface area contributed by atoms with Gasteiger partial charge in [-0.15, -0.1) is 0 Å². The Bertz CT molecular complexity index is 622. The predicted molar refractivity (Wildman–Crippen MR) is 67.7 cm³/mol. The third-order valence-electron chi connectivity index (χ3n) is 2.39. The first-order valence-corrected chi connectivity index (χ1v) is 5.67. The van der Waals surface area contributed by atoms with Crippen LogP contribution in [-0.4, -0.2) is 21.0 Å². The molecule has 5 nitrogen and oxygen atoms in total. The molecular formula is C12H9ClFN3O2. The summed E-state index contributed by atoms with van der Waals surface area (Å²) in [5.74, 6) is -1.43. The molecule has 98 valence electrons. The molecule has 2 N–H and O–H groups in total. The molecule has 7 heteroatoms. The molecule has 0 bridgehead atoms. The highest BCUT2D eigenvalue weighted by Gasteiger charge is 2.11. The van der Waals surface area contributed by atoms with Gasteiger partial charge in [-0.1, -0.05) is 17.7 Å². The van der Waals surface area contributed by atoms with Gasteiger partial charge < -0.3 is 10.4 Å². The van der Waals surface area contributed by atoms with Gasteiger partial charge in [-0.25, -0.2) is 19.2 Å². The van der Waals surface area contributed by atoms with Crippen LogP contribution in [0.3, 0.4) is 0 Å². The van der Waals surface area contributed by atoms with Gasteiger partial charge in [0, 0.05) is 12.7 Å². The van der Waals surface area contributed by atoms with Gasteiger partial charge in [0.1, 0.15) is 23.5 Å². The van der Waals surface area contributed by atoms with Gasteiger partial charge in [-0.3, -0.25) is 0 Å². The van der Waals surface area contributed by atoms with Crippen LogP contribution in [0.25, 0.3) is 0 Å². The lowest BCUT2D eigenvalue weighted by Crippen LogP contribution is -2.08. The maximum atomic E-state index is 13.0. The lowest BCUT2D eigenvalue weighted by molar-refractivity contribution is 0.0697. The molecule has 0 spiro atoms. The molecule has 1 aromatic heterocycles. The van der Waals surface area contributed by atoms with Gasteiger partial charge in [0.15, 0.2) is 0 Å². The molecule has 2 aromatic rings.